The summed E-state index contributed by atoms with van der Waals surface area (Å²) in [6.45, 7) is 12.2. The molecule has 25 heavy (non-hydrogen) atoms. The van der Waals surface area contributed by atoms with Crippen molar-refractivity contribution in [2.75, 3.05) is 6.61 Å². The number of nitrogens with zero attached hydrogens (tertiary/aromatic N) is 1. The van der Waals surface area contributed by atoms with Gasteiger partial charge in [-0.15, -0.1) is 0 Å². The first-order valence-corrected chi connectivity index (χ1v) is 9.08. The van der Waals surface area contributed by atoms with E-state index >= 15 is 0 Å². The van der Waals surface area contributed by atoms with Gasteiger partial charge in [0, 0.05) is 10.8 Å². The molecule has 1 aromatic carbocycles. The number of hydrogen-bond acceptors (Lipinski definition) is 5. The molecular formula is C19H25N3O2S. The molecule has 1 aliphatic carbocycles. The van der Waals surface area contributed by atoms with Crippen molar-refractivity contribution >= 4 is 27.7 Å². The van der Waals surface area contributed by atoms with Crippen molar-refractivity contribution in [3.63, 3.8) is 0 Å². The first-order valence-electron chi connectivity index (χ1n) is 8.27. The van der Waals surface area contributed by atoms with E-state index in [1.54, 1.807) is 6.08 Å². The molecule has 0 bridgehead atoms. The maximum Gasteiger partial charge on any atom is 0.229 e. The molecule has 0 spiro atoms. The zero-order chi connectivity index (χ0) is 18.4. The summed E-state index contributed by atoms with van der Waals surface area (Å²) in [6.07, 6.45) is 4.68. The van der Waals surface area contributed by atoms with E-state index in [0.29, 0.717) is 11.8 Å². The van der Waals surface area contributed by atoms with Crippen LogP contribution in [0.5, 0.6) is 5.75 Å². The van der Waals surface area contributed by atoms with E-state index < -0.39 is 0 Å². The monoisotopic (exact) mass is 359 g/mol. The summed E-state index contributed by atoms with van der Waals surface area (Å²) in [5, 5.41) is 6.84. The van der Waals surface area contributed by atoms with Crippen LogP contribution in [0.25, 0.3) is 4.91 Å². The lowest BCUT2D eigenvalue weighted by Gasteiger charge is -2.24. The van der Waals surface area contributed by atoms with Crippen LogP contribution >= 0.6 is 11.8 Å². The lowest BCUT2D eigenvalue weighted by Crippen LogP contribution is -2.37. The Bertz CT molecular complexity index is 686. The van der Waals surface area contributed by atoms with E-state index in [0.717, 1.165) is 46.6 Å². The predicted octanol–water partition coefficient (Wildman–Crippen LogP) is 3.72. The average Bonchev–Trinajstić information content (AvgIpc) is 2.51. The summed E-state index contributed by atoms with van der Waals surface area (Å²) in [4.78, 5) is 12.8. The Morgan fingerprint density at radius 3 is 2.56 bits per heavy atom. The maximum atomic E-state index is 12.1. The van der Waals surface area contributed by atoms with Crippen LogP contribution in [0.2, 0.25) is 0 Å². The van der Waals surface area contributed by atoms with Gasteiger partial charge in [-0.2, -0.15) is 5.10 Å². The van der Waals surface area contributed by atoms with Gasteiger partial charge in [-0.05, 0) is 55.5 Å². The normalized spacial score (nSPS) is 14.6. The van der Waals surface area contributed by atoms with Crippen LogP contribution in [0.3, 0.4) is 0 Å². The molecule has 3 N–H and O–H groups in total. The Balaban J connectivity index is 2.06. The highest BCUT2D eigenvalue weighted by atomic mass is 32.2. The molecule has 1 saturated carbocycles. The van der Waals surface area contributed by atoms with Gasteiger partial charge in [0.1, 0.15) is 12.4 Å². The summed E-state index contributed by atoms with van der Waals surface area (Å²) in [5.74, 6) is 6.34. The number of hydrogen-bond donors (Lipinski definition) is 2. The standard InChI is InChI=1S/C19H25N3O2S/c1-5-9-24-17-12(2)10-16(11-13(17)3)14(4)25-19(22-20)21-18(23)15-7-6-8-15/h5,10-11,15H,1,4,6-9,20H2,2-3H3,(H,21,22,23). The second-order valence-corrected chi connectivity index (χ2v) is 7.20. The molecule has 5 nitrogen and oxygen atoms in total. The molecule has 6 heteroatoms. The number of aryl methyl sites for hydroxylation is 2. The van der Waals surface area contributed by atoms with Crippen LogP contribution in [-0.4, -0.2) is 17.7 Å². The topological polar surface area (TPSA) is 76.7 Å². The molecule has 2 rings (SSSR count). The van der Waals surface area contributed by atoms with Gasteiger partial charge in [-0.1, -0.05) is 37.4 Å². The van der Waals surface area contributed by atoms with Crippen molar-refractivity contribution in [1.82, 2.24) is 5.32 Å². The van der Waals surface area contributed by atoms with E-state index in [1.807, 2.05) is 26.0 Å². The molecule has 0 aliphatic heterocycles. The van der Waals surface area contributed by atoms with Crippen molar-refractivity contribution in [2.45, 2.75) is 33.1 Å². The molecule has 0 heterocycles. The van der Waals surface area contributed by atoms with Crippen molar-refractivity contribution in [3.05, 3.63) is 48.1 Å². The van der Waals surface area contributed by atoms with Crippen LogP contribution in [0.1, 0.15) is 36.0 Å². The molecular weight excluding hydrogens is 334 g/mol. The largest absolute Gasteiger partial charge is 0.489 e. The van der Waals surface area contributed by atoms with Gasteiger partial charge in [0.2, 0.25) is 5.91 Å². The number of amides is 1. The number of hydrazone groups is 1. The van der Waals surface area contributed by atoms with E-state index in [4.69, 9.17) is 10.6 Å². The van der Waals surface area contributed by atoms with Gasteiger partial charge < -0.3 is 15.9 Å². The lowest BCUT2D eigenvalue weighted by molar-refractivity contribution is -0.125. The highest BCUT2D eigenvalue weighted by molar-refractivity contribution is 8.21. The van der Waals surface area contributed by atoms with Gasteiger partial charge in [-0.3, -0.25) is 4.79 Å². The van der Waals surface area contributed by atoms with Crippen molar-refractivity contribution < 1.29 is 9.53 Å². The average molecular weight is 359 g/mol. The first-order chi connectivity index (χ1) is 12.0. The number of nitrogens with one attached hydrogen (secondary N) is 1. The molecule has 1 amide bonds. The predicted molar refractivity (Wildman–Crippen MR) is 105 cm³/mol. The fourth-order valence-corrected chi connectivity index (χ4v) is 3.29. The number of nitrogens with two attached hydrogens (primary N) is 1. The number of rotatable bonds is 6. The van der Waals surface area contributed by atoms with E-state index in [1.165, 1.54) is 11.8 Å². The molecule has 0 aromatic heterocycles. The summed E-state index contributed by atoms with van der Waals surface area (Å²) >= 11 is 1.26. The Morgan fingerprint density at radius 1 is 1.44 bits per heavy atom. The molecule has 1 aromatic rings. The number of ether oxygens (including phenoxy) is 1. The van der Waals surface area contributed by atoms with Gasteiger partial charge in [0.15, 0.2) is 5.17 Å². The second kappa shape index (κ2) is 8.76. The number of amidine groups is 1. The SMILES string of the molecule is C=CCOc1c(C)cc(C(=C)S/C(=N\N)NC(=O)C2CCC2)cc1C. The maximum absolute atomic E-state index is 12.1. The summed E-state index contributed by atoms with van der Waals surface area (Å²) in [5.41, 5.74) is 2.98. The van der Waals surface area contributed by atoms with E-state index in [-0.39, 0.29) is 11.8 Å². The zero-order valence-corrected chi connectivity index (χ0v) is 15.6. The molecule has 0 radical (unpaired) electrons. The highest BCUT2D eigenvalue weighted by Gasteiger charge is 2.26. The molecule has 1 fully saturated rings. The van der Waals surface area contributed by atoms with Crippen LogP contribution < -0.4 is 15.9 Å². The third-order valence-corrected chi connectivity index (χ3v) is 5.05. The summed E-state index contributed by atoms with van der Waals surface area (Å²) < 4.78 is 5.70. The number of benzene rings is 1. The fraction of sp³-hybridized carbons (Fsp3) is 0.368. The molecule has 1 aliphatic rings. The van der Waals surface area contributed by atoms with Crippen LogP contribution in [-0.2, 0) is 4.79 Å². The quantitative estimate of drug-likeness (QED) is 0.267. The fourth-order valence-electron chi connectivity index (χ4n) is 2.62. The van der Waals surface area contributed by atoms with Gasteiger partial charge in [0.25, 0.3) is 0 Å². The smallest absolute Gasteiger partial charge is 0.229 e. The molecule has 0 unspecified atom stereocenters. The third-order valence-electron chi connectivity index (χ3n) is 4.17. The molecule has 134 valence electrons. The number of thioether (sulfide) groups is 1. The number of carbonyl (C=O) groups is 1. The van der Waals surface area contributed by atoms with Crippen molar-refractivity contribution in [2.24, 2.45) is 16.9 Å². The zero-order valence-electron chi connectivity index (χ0n) is 14.8. The van der Waals surface area contributed by atoms with Gasteiger partial charge in [0.05, 0.1) is 0 Å². The third kappa shape index (κ3) is 4.89. The Kier molecular flexibility index (Phi) is 6.70. The van der Waals surface area contributed by atoms with Crippen molar-refractivity contribution in [1.29, 1.82) is 0 Å². The van der Waals surface area contributed by atoms with E-state index in [2.05, 4.69) is 23.6 Å². The van der Waals surface area contributed by atoms with Crippen LogP contribution in [0, 0.1) is 19.8 Å². The van der Waals surface area contributed by atoms with Gasteiger partial charge in [-0.25, -0.2) is 0 Å². The molecule has 0 atom stereocenters. The van der Waals surface area contributed by atoms with E-state index in [9.17, 15) is 4.79 Å². The highest BCUT2D eigenvalue weighted by Crippen LogP contribution is 2.33. The Hall–Kier alpha value is -2.21. The minimum atomic E-state index is -0.0173. The second-order valence-electron chi connectivity index (χ2n) is 6.12. The Labute approximate surface area is 153 Å². The van der Waals surface area contributed by atoms with Gasteiger partial charge >= 0.3 is 0 Å². The minimum absolute atomic E-state index is 0.0173. The molecule has 0 saturated heterocycles. The number of carbonyl (C=O) groups excluding carboxylic acids is 1. The van der Waals surface area contributed by atoms with Crippen LogP contribution in [0.4, 0.5) is 0 Å². The van der Waals surface area contributed by atoms with Crippen molar-refractivity contribution in [3.8, 4) is 5.75 Å². The lowest BCUT2D eigenvalue weighted by atomic mass is 9.85. The first kappa shape index (κ1) is 19.1. The van der Waals surface area contributed by atoms with Crippen LogP contribution in [0.15, 0.2) is 36.5 Å². The Morgan fingerprint density at radius 2 is 2.08 bits per heavy atom. The summed E-state index contributed by atoms with van der Waals surface area (Å²) in [7, 11) is 0. The summed E-state index contributed by atoms with van der Waals surface area (Å²) in [6, 6.07) is 4.01. The minimum Gasteiger partial charge on any atom is -0.489 e.